The van der Waals surface area contributed by atoms with Crippen LogP contribution in [0.1, 0.15) is 12.5 Å². The predicted molar refractivity (Wildman–Crippen MR) is 65.7 cm³/mol. The zero-order chi connectivity index (χ0) is 13.9. The molecule has 1 N–H and O–H groups in total. The minimum Gasteiger partial charge on any atom is -0.481 e. The predicted octanol–water partition coefficient (Wildman–Crippen LogP) is 2.11. The van der Waals surface area contributed by atoms with Crippen molar-refractivity contribution in [3.05, 3.63) is 34.6 Å². The van der Waals surface area contributed by atoms with Gasteiger partial charge in [-0.05, 0) is 17.7 Å². The van der Waals surface area contributed by atoms with Gasteiger partial charge in [0, 0.05) is 0 Å². The van der Waals surface area contributed by atoms with Crippen LogP contribution in [0, 0.1) is 11.7 Å². The molecule has 0 heterocycles. The Morgan fingerprint density at radius 1 is 1.50 bits per heavy atom. The molecule has 0 aliphatic rings. The van der Waals surface area contributed by atoms with Crippen molar-refractivity contribution >= 4 is 27.4 Å². The van der Waals surface area contributed by atoms with E-state index in [4.69, 9.17) is 16.7 Å². The van der Waals surface area contributed by atoms with Crippen molar-refractivity contribution < 1.29 is 22.7 Å². The topological polar surface area (TPSA) is 71.4 Å². The first-order chi connectivity index (χ1) is 8.21. The Morgan fingerprint density at radius 2 is 2.11 bits per heavy atom. The van der Waals surface area contributed by atoms with Crippen molar-refractivity contribution in [2.45, 2.75) is 12.7 Å². The summed E-state index contributed by atoms with van der Waals surface area (Å²) in [5.41, 5.74) is 0.245. The smallest absolute Gasteiger partial charge is 0.307 e. The number of hydrogen-bond donors (Lipinski definition) is 1. The maximum absolute atomic E-state index is 13.1. The second-order valence-corrected chi connectivity index (χ2v) is 6.56. The fraction of sp³-hybridized carbons (Fsp3) is 0.364. The number of rotatable bonds is 5. The molecule has 1 unspecified atom stereocenters. The van der Waals surface area contributed by atoms with E-state index in [1.807, 2.05) is 0 Å². The maximum atomic E-state index is 13.1. The van der Waals surface area contributed by atoms with E-state index in [2.05, 4.69) is 0 Å². The number of hydrogen-bond acceptors (Lipinski definition) is 3. The first-order valence-corrected chi connectivity index (χ1v) is 7.28. The lowest BCUT2D eigenvalue weighted by atomic mass is 10.2. The molecule has 0 radical (unpaired) electrons. The van der Waals surface area contributed by atoms with E-state index in [1.54, 1.807) is 0 Å². The quantitative estimate of drug-likeness (QED) is 0.903. The number of benzene rings is 1. The summed E-state index contributed by atoms with van der Waals surface area (Å²) < 4.78 is 36.5. The van der Waals surface area contributed by atoms with Gasteiger partial charge in [-0.15, -0.1) is 0 Å². The Balaban J connectivity index is 2.82. The molecule has 0 amide bonds. The Kier molecular flexibility index (Phi) is 4.70. The van der Waals surface area contributed by atoms with Crippen LogP contribution in [0.4, 0.5) is 4.39 Å². The van der Waals surface area contributed by atoms with Gasteiger partial charge >= 0.3 is 5.97 Å². The van der Waals surface area contributed by atoms with Gasteiger partial charge in [0.05, 0.1) is 22.4 Å². The second-order valence-electron chi connectivity index (χ2n) is 4.04. The summed E-state index contributed by atoms with van der Waals surface area (Å²) in [5, 5.41) is 8.56. The van der Waals surface area contributed by atoms with Crippen LogP contribution in [-0.2, 0) is 20.4 Å². The lowest BCUT2D eigenvalue weighted by molar-refractivity contribution is -0.140. The number of aliphatic carboxylic acids is 1. The van der Waals surface area contributed by atoms with Gasteiger partial charge in [0.25, 0.3) is 0 Å². The number of halogens is 2. The van der Waals surface area contributed by atoms with E-state index in [0.29, 0.717) is 0 Å². The summed E-state index contributed by atoms with van der Waals surface area (Å²) in [5.74, 6) is -3.76. The molecule has 0 saturated carbocycles. The molecule has 1 aromatic rings. The van der Waals surface area contributed by atoms with Crippen LogP contribution < -0.4 is 0 Å². The third-order valence-corrected chi connectivity index (χ3v) is 4.38. The highest BCUT2D eigenvalue weighted by atomic mass is 35.5. The maximum Gasteiger partial charge on any atom is 0.307 e. The SMILES string of the molecule is CC(CS(=O)(=O)Cc1ccc(Cl)c(F)c1)C(=O)O. The normalized spacial score (nSPS) is 13.3. The van der Waals surface area contributed by atoms with Gasteiger partial charge in [0.1, 0.15) is 5.82 Å². The number of carbonyl (C=O) groups is 1. The molecule has 0 aliphatic heterocycles. The minimum atomic E-state index is -3.60. The highest BCUT2D eigenvalue weighted by Crippen LogP contribution is 2.18. The molecular formula is C11H12ClFO4S. The van der Waals surface area contributed by atoms with Gasteiger partial charge in [0.15, 0.2) is 9.84 Å². The van der Waals surface area contributed by atoms with Crippen LogP contribution in [0.5, 0.6) is 0 Å². The summed E-state index contributed by atoms with van der Waals surface area (Å²) in [6.07, 6.45) is 0. The number of carboxylic acid groups (broad SMARTS) is 1. The average Bonchev–Trinajstić information content (AvgIpc) is 2.22. The van der Waals surface area contributed by atoms with Crippen LogP contribution >= 0.6 is 11.6 Å². The largest absolute Gasteiger partial charge is 0.481 e. The molecule has 100 valence electrons. The lowest BCUT2D eigenvalue weighted by Crippen LogP contribution is -2.22. The van der Waals surface area contributed by atoms with Gasteiger partial charge in [-0.2, -0.15) is 0 Å². The molecule has 0 aliphatic carbocycles. The Bertz CT molecular complexity index is 556. The van der Waals surface area contributed by atoms with Crippen molar-refractivity contribution in [1.82, 2.24) is 0 Å². The first kappa shape index (κ1) is 14.9. The molecule has 0 saturated heterocycles. The number of sulfone groups is 1. The van der Waals surface area contributed by atoms with Crippen LogP contribution in [0.25, 0.3) is 0 Å². The van der Waals surface area contributed by atoms with Crippen molar-refractivity contribution in [1.29, 1.82) is 0 Å². The Morgan fingerprint density at radius 3 is 2.61 bits per heavy atom. The molecule has 1 rings (SSSR count). The Labute approximate surface area is 109 Å². The van der Waals surface area contributed by atoms with Gasteiger partial charge in [-0.25, -0.2) is 12.8 Å². The molecule has 18 heavy (non-hydrogen) atoms. The lowest BCUT2D eigenvalue weighted by Gasteiger charge is -2.08. The van der Waals surface area contributed by atoms with Gasteiger partial charge in [0.2, 0.25) is 0 Å². The fourth-order valence-electron chi connectivity index (χ4n) is 1.39. The molecule has 0 bridgehead atoms. The number of carboxylic acids is 1. The average molecular weight is 295 g/mol. The molecule has 0 spiro atoms. The monoisotopic (exact) mass is 294 g/mol. The fourth-order valence-corrected chi connectivity index (χ4v) is 3.22. The van der Waals surface area contributed by atoms with E-state index >= 15 is 0 Å². The zero-order valence-electron chi connectivity index (χ0n) is 9.56. The van der Waals surface area contributed by atoms with Crippen molar-refractivity contribution in [2.24, 2.45) is 5.92 Å². The van der Waals surface area contributed by atoms with E-state index < -0.39 is 39.0 Å². The highest BCUT2D eigenvalue weighted by Gasteiger charge is 2.21. The molecule has 4 nitrogen and oxygen atoms in total. The standard InChI is InChI=1S/C11H12ClFO4S/c1-7(11(14)15)5-18(16,17)6-8-2-3-9(12)10(13)4-8/h2-4,7H,5-6H2,1H3,(H,14,15). The molecule has 0 fully saturated rings. The third kappa shape index (κ3) is 4.27. The second kappa shape index (κ2) is 5.67. The summed E-state index contributed by atoms with van der Waals surface area (Å²) >= 11 is 5.48. The van der Waals surface area contributed by atoms with E-state index in [1.165, 1.54) is 19.1 Å². The minimum absolute atomic E-state index is 0.0879. The van der Waals surface area contributed by atoms with Gasteiger partial charge in [-0.1, -0.05) is 24.6 Å². The summed E-state index contributed by atoms with van der Waals surface area (Å²) in [7, 11) is -3.60. The van der Waals surface area contributed by atoms with E-state index in [9.17, 15) is 17.6 Å². The summed E-state index contributed by atoms with van der Waals surface area (Å²) in [6.45, 7) is 1.31. The van der Waals surface area contributed by atoms with Gasteiger partial charge in [-0.3, -0.25) is 4.79 Å². The molecule has 0 aromatic heterocycles. The summed E-state index contributed by atoms with van der Waals surface area (Å²) in [4.78, 5) is 10.6. The van der Waals surface area contributed by atoms with Crippen LogP contribution in [0.2, 0.25) is 5.02 Å². The molecule has 1 aromatic carbocycles. The zero-order valence-corrected chi connectivity index (χ0v) is 11.1. The third-order valence-electron chi connectivity index (χ3n) is 2.30. The molecule has 1 atom stereocenters. The van der Waals surface area contributed by atoms with Crippen molar-refractivity contribution in [3.8, 4) is 0 Å². The molecule has 7 heteroatoms. The Hall–Kier alpha value is -1.14. The molecular weight excluding hydrogens is 283 g/mol. The van der Waals surface area contributed by atoms with E-state index in [-0.39, 0.29) is 10.6 Å². The van der Waals surface area contributed by atoms with Crippen molar-refractivity contribution in [2.75, 3.05) is 5.75 Å². The van der Waals surface area contributed by atoms with Crippen molar-refractivity contribution in [3.63, 3.8) is 0 Å². The van der Waals surface area contributed by atoms with Gasteiger partial charge < -0.3 is 5.11 Å². The van der Waals surface area contributed by atoms with Crippen LogP contribution in [0.3, 0.4) is 0 Å². The van der Waals surface area contributed by atoms with Crippen LogP contribution in [0.15, 0.2) is 18.2 Å². The first-order valence-electron chi connectivity index (χ1n) is 5.08. The highest BCUT2D eigenvalue weighted by molar-refractivity contribution is 7.90. The van der Waals surface area contributed by atoms with Crippen LogP contribution in [-0.4, -0.2) is 25.2 Å². The summed E-state index contributed by atoms with van der Waals surface area (Å²) in [6, 6.07) is 3.70. The van der Waals surface area contributed by atoms with E-state index in [0.717, 1.165) is 6.07 Å².